The molecular weight excluding hydrogens is 278 g/mol. The van der Waals surface area contributed by atoms with Crippen molar-refractivity contribution in [1.82, 2.24) is 4.90 Å². The Labute approximate surface area is 134 Å². The molecule has 2 rings (SSSR count). The van der Waals surface area contributed by atoms with Crippen molar-refractivity contribution in [3.8, 4) is 0 Å². The average Bonchev–Trinajstić information content (AvgIpc) is 2.56. The lowest BCUT2D eigenvalue weighted by Crippen LogP contribution is -2.42. The van der Waals surface area contributed by atoms with Crippen LogP contribution in [0.25, 0.3) is 0 Å². The molecule has 0 aromatic heterocycles. The van der Waals surface area contributed by atoms with E-state index in [0.29, 0.717) is 32.5 Å². The number of benzene rings is 1. The van der Waals surface area contributed by atoms with E-state index in [9.17, 15) is 0 Å². The van der Waals surface area contributed by atoms with E-state index < -0.39 is 0 Å². The SMILES string of the molecule is COCCOCCOCC1CCCCN1Cc1ccccc1. The summed E-state index contributed by atoms with van der Waals surface area (Å²) >= 11 is 0. The van der Waals surface area contributed by atoms with Crippen molar-refractivity contribution in [1.29, 1.82) is 0 Å². The minimum absolute atomic E-state index is 0.535. The molecule has 1 aromatic carbocycles. The van der Waals surface area contributed by atoms with Crippen LogP contribution in [0.15, 0.2) is 30.3 Å². The highest BCUT2D eigenvalue weighted by molar-refractivity contribution is 5.14. The molecule has 0 spiro atoms. The molecule has 124 valence electrons. The zero-order valence-corrected chi connectivity index (χ0v) is 13.7. The van der Waals surface area contributed by atoms with Gasteiger partial charge in [-0.1, -0.05) is 36.8 Å². The standard InChI is InChI=1S/C18H29NO3/c1-20-11-12-21-13-14-22-16-18-9-5-6-10-19(18)15-17-7-3-2-4-8-17/h2-4,7-8,18H,5-6,9-16H2,1H3. The van der Waals surface area contributed by atoms with Gasteiger partial charge in [-0.2, -0.15) is 0 Å². The van der Waals surface area contributed by atoms with Crippen molar-refractivity contribution in [3.63, 3.8) is 0 Å². The lowest BCUT2D eigenvalue weighted by atomic mass is 10.0. The van der Waals surface area contributed by atoms with Crippen molar-refractivity contribution in [2.75, 3.05) is 46.7 Å². The number of likely N-dealkylation sites (tertiary alicyclic amines) is 1. The normalized spacial score (nSPS) is 19.4. The molecule has 0 bridgehead atoms. The molecule has 0 radical (unpaired) electrons. The van der Waals surface area contributed by atoms with E-state index in [1.165, 1.54) is 31.4 Å². The fourth-order valence-electron chi connectivity index (χ4n) is 2.86. The van der Waals surface area contributed by atoms with Crippen LogP contribution in [0, 0.1) is 0 Å². The minimum atomic E-state index is 0.535. The number of rotatable bonds is 10. The molecule has 4 heteroatoms. The van der Waals surface area contributed by atoms with Crippen molar-refractivity contribution in [2.45, 2.75) is 31.8 Å². The van der Waals surface area contributed by atoms with Gasteiger partial charge in [0, 0.05) is 19.7 Å². The predicted molar refractivity (Wildman–Crippen MR) is 88.0 cm³/mol. The van der Waals surface area contributed by atoms with Gasteiger partial charge in [0.15, 0.2) is 0 Å². The maximum atomic E-state index is 5.81. The smallest absolute Gasteiger partial charge is 0.0701 e. The van der Waals surface area contributed by atoms with Gasteiger partial charge in [0.05, 0.1) is 33.0 Å². The maximum Gasteiger partial charge on any atom is 0.0701 e. The van der Waals surface area contributed by atoms with Gasteiger partial charge >= 0.3 is 0 Å². The highest BCUT2D eigenvalue weighted by Gasteiger charge is 2.22. The third kappa shape index (κ3) is 6.44. The molecule has 1 atom stereocenters. The first-order valence-electron chi connectivity index (χ1n) is 8.32. The summed E-state index contributed by atoms with van der Waals surface area (Å²) in [5.74, 6) is 0. The van der Waals surface area contributed by atoms with Crippen LogP contribution in [-0.2, 0) is 20.8 Å². The Morgan fingerprint density at radius 1 is 1.00 bits per heavy atom. The lowest BCUT2D eigenvalue weighted by molar-refractivity contribution is -0.00344. The van der Waals surface area contributed by atoms with Gasteiger partial charge in [-0.25, -0.2) is 0 Å². The van der Waals surface area contributed by atoms with Crippen LogP contribution in [0.5, 0.6) is 0 Å². The largest absolute Gasteiger partial charge is 0.382 e. The number of hydrogen-bond donors (Lipinski definition) is 0. The molecule has 1 aliphatic heterocycles. The Kier molecular flexibility index (Phi) is 8.49. The molecule has 1 saturated heterocycles. The third-order valence-corrected chi connectivity index (χ3v) is 4.09. The summed E-state index contributed by atoms with van der Waals surface area (Å²) in [7, 11) is 1.68. The number of nitrogens with zero attached hydrogens (tertiary/aromatic N) is 1. The molecule has 1 aliphatic rings. The van der Waals surface area contributed by atoms with Crippen LogP contribution in [0.3, 0.4) is 0 Å². The van der Waals surface area contributed by atoms with Crippen LogP contribution in [-0.4, -0.2) is 57.6 Å². The minimum Gasteiger partial charge on any atom is -0.382 e. The molecule has 0 saturated carbocycles. The molecular formula is C18H29NO3. The third-order valence-electron chi connectivity index (χ3n) is 4.09. The second-order valence-electron chi connectivity index (χ2n) is 5.79. The van der Waals surface area contributed by atoms with Crippen molar-refractivity contribution in [3.05, 3.63) is 35.9 Å². The summed E-state index contributed by atoms with van der Waals surface area (Å²) in [6.07, 6.45) is 3.84. The average molecular weight is 307 g/mol. The summed E-state index contributed by atoms with van der Waals surface area (Å²) in [6, 6.07) is 11.2. The van der Waals surface area contributed by atoms with Gasteiger partial charge in [0.25, 0.3) is 0 Å². The molecule has 1 aromatic rings. The van der Waals surface area contributed by atoms with E-state index in [2.05, 4.69) is 35.2 Å². The highest BCUT2D eigenvalue weighted by Crippen LogP contribution is 2.19. The van der Waals surface area contributed by atoms with Gasteiger partial charge in [-0.3, -0.25) is 4.90 Å². The molecule has 22 heavy (non-hydrogen) atoms. The first-order chi connectivity index (χ1) is 10.9. The Morgan fingerprint density at radius 2 is 1.77 bits per heavy atom. The summed E-state index contributed by atoms with van der Waals surface area (Å²) in [4.78, 5) is 2.56. The fraction of sp³-hybridized carbons (Fsp3) is 0.667. The number of methoxy groups -OCH3 is 1. The maximum absolute atomic E-state index is 5.81. The second kappa shape index (κ2) is 10.7. The predicted octanol–water partition coefficient (Wildman–Crippen LogP) is 2.72. The zero-order chi connectivity index (χ0) is 15.5. The quantitative estimate of drug-likeness (QED) is 0.622. The summed E-state index contributed by atoms with van der Waals surface area (Å²) in [5.41, 5.74) is 1.39. The monoisotopic (exact) mass is 307 g/mol. The van der Waals surface area contributed by atoms with Crippen LogP contribution in [0.2, 0.25) is 0 Å². The first-order valence-corrected chi connectivity index (χ1v) is 8.32. The highest BCUT2D eigenvalue weighted by atomic mass is 16.5. The van der Waals surface area contributed by atoms with Gasteiger partial charge < -0.3 is 14.2 Å². The summed E-state index contributed by atoms with van der Waals surface area (Å²) in [5, 5.41) is 0. The van der Waals surface area contributed by atoms with Crippen molar-refractivity contribution in [2.24, 2.45) is 0 Å². The van der Waals surface area contributed by atoms with Gasteiger partial charge in [0.1, 0.15) is 0 Å². The van der Waals surface area contributed by atoms with Crippen molar-refractivity contribution < 1.29 is 14.2 Å². The Balaban J connectivity index is 1.66. The summed E-state index contributed by atoms with van der Waals surface area (Å²) in [6.45, 7) is 5.61. The molecule has 1 fully saturated rings. The van der Waals surface area contributed by atoms with E-state index in [0.717, 1.165) is 13.2 Å². The lowest BCUT2D eigenvalue weighted by Gasteiger charge is -2.35. The van der Waals surface area contributed by atoms with E-state index >= 15 is 0 Å². The van der Waals surface area contributed by atoms with E-state index in [1.54, 1.807) is 7.11 Å². The van der Waals surface area contributed by atoms with E-state index in [4.69, 9.17) is 14.2 Å². The molecule has 1 heterocycles. The molecule has 0 aliphatic carbocycles. The Morgan fingerprint density at radius 3 is 2.59 bits per heavy atom. The Bertz CT molecular complexity index is 385. The van der Waals surface area contributed by atoms with Crippen LogP contribution < -0.4 is 0 Å². The number of piperidine rings is 1. The first kappa shape index (κ1) is 17.4. The van der Waals surface area contributed by atoms with Crippen LogP contribution in [0.1, 0.15) is 24.8 Å². The Hall–Kier alpha value is -0.940. The van der Waals surface area contributed by atoms with E-state index in [1.807, 2.05) is 0 Å². The molecule has 1 unspecified atom stereocenters. The van der Waals surface area contributed by atoms with Crippen LogP contribution >= 0.6 is 0 Å². The molecule has 0 N–H and O–H groups in total. The van der Waals surface area contributed by atoms with Gasteiger partial charge in [-0.15, -0.1) is 0 Å². The zero-order valence-electron chi connectivity index (χ0n) is 13.7. The topological polar surface area (TPSA) is 30.9 Å². The molecule has 0 amide bonds. The van der Waals surface area contributed by atoms with Gasteiger partial charge in [0.2, 0.25) is 0 Å². The summed E-state index contributed by atoms with van der Waals surface area (Å²) < 4.78 is 16.2. The van der Waals surface area contributed by atoms with Crippen LogP contribution in [0.4, 0.5) is 0 Å². The van der Waals surface area contributed by atoms with E-state index in [-0.39, 0.29) is 0 Å². The van der Waals surface area contributed by atoms with Crippen molar-refractivity contribution >= 4 is 0 Å². The number of hydrogen-bond acceptors (Lipinski definition) is 4. The number of ether oxygens (including phenoxy) is 3. The molecule has 4 nitrogen and oxygen atoms in total. The second-order valence-corrected chi connectivity index (χ2v) is 5.79. The van der Waals surface area contributed by atoms with Gasteiger partial charge in [-0.05, 0) is 24.9 Å². The fourth-order valence-corrected chi connectivity index (χ4v) is 2.86.